The van der Waals surface area contributed by atoms with E-state index in [9.17, 15) is 9.59 Å². The number of carbonyl (C=O) groups excluding carboxylic acids is 1. The predicted octanol–water partition coefficient (Wildman–Crippen LogP) is 0.467. The minimum Gasteiger partial charge on any atom is -0.479 e. The summed E-state index contributed by atoms with van der Waals surface area (Å²) in [5.41, 5.74) is 0. The zero-order chi connectivity index (χ0) is 14.5. The lowest BCUT2D eigenvalue weighted by atomic mass is 9.97. The van der Waals surface area contributed by atoms with Gasteiger partial charge < -0.3 is 20.1 Å². The van der Waals surface area contributed by atoms with Crippen LogP contribution in [0.5, 0.6) is 0 Å². The summed E-state index contributed by atoms with van der Waals surface area (Å²) in [5.74, 6) is -0.614. The highest BCUT2D eigenvalue weighted by molar-refractivity contribution is 5.82. The van der Waals surface area contributed by atoms with E-state index in [1.807, 2.05) is 0 Å². The van der Waals surface area contributed by atoms with Gasteiger partial charge in [0.15, 0.2) is 6.10 Å². The number of carboxylic acids is 1. The maximum atomic E-state index is 11.9. The van der Waals surface area contributed by atoms with E-state index in [1.54, 1.807) is 0 Å². The fourth-order valence-corrected chi connectivity index (χ4v) is 2.88. The summed E-state index contributed by atoms with van der Waals surface area (Å²) >= 11 is 0. The fraction of sp³-hybridized carbons (Fsp3) is 0.857. The zero-order valence-electron chi connectivity index (χ0n) is 12.0. The number of aliphatic carboxylic acids is 1. The van der Waals surface area contributed by atoms with Crippen LogP contribution in [0.2, 0.25) is 0 Å². The molecule has 0 bridgehead atoms. The Hall–Kier alpha value is -1.14. The fourth-order valence-electron chi connectivity index (χ4n) is 2.88. The van der Waals surface area contributed by atoms with E-state index < -0.39 is 18.2 Å². The van der Waals surface area contributed by atoms with Crippen LogP contribution in [0.1, 0.15) is 32.6 Å². The topological polar surface area (TPSA) is 78.9 Å². The molecule has 0 saturated carbocycles. The van der Waals surface area contributed by atoms with Gasteiger partial charge in [-0.15, -0.1) is 0 Å². The molecule has 2 unspecified atom stereocenters. The van der Waals surface area contributed by atoms with Gasteiger partial charge in [0.1, 0.15) is 6.10 Å². The van der Waals surface area contributed by atoms with Crippen LogP contribution in [0.3, 0.4) is 0 Å². The molecule has 0 spiro atoms. The molecule has 114 valence electrons. The molecule has 0 aromatic rings. The van der Waals surface area contributed by atoms with Crippen molar-refractivity contribution in [2.75, 3.05) is 26.2 Å². The maximum Gasteiger partial charge on any atom is 0.332 e. The van der Waals surface area contributed by atoms with Crippen LogP contribution in [-0.4, -0.2) is 60.3 Å². The monoisotopic (exact) mass is 284 g/mol. The van der Waals surface area contributed by atoms with Crippen molar-refractivity contribution in [1.82, 2.24) is 10.2 Å². The molecule has 0 aromatic carbocycles. The zero-order valence-corrected chi connectivity index (χ0v) is 12.0. The van der Waals surface area contributed by atoms with Gasteiger partial charge in [0.2, 0.25) is 5.91 Å². The number of carbonyl (C=O) groups is 2. The van der Waals surface area contributed by atoms with Crippen LogP contribution in [0.25, 0.3) is 0 Å². The van der Waals surface area contributed by atoms with Crippen molar-refractivity contribution in [3.63, 3.8) is 0 Å². The van der Waals surface area contributed by atoms with Crippen molar-refractivity contribution in [3.8, 4) is 0 Å². The van der Waals surface area contributed by atoms with Gasteiger partial charge in [0.25, 0.3) is 0 Å². The lowest BCUT2D eigenvalue weighted by Gasteiger charge is -2.31. The second-order valence-corrected chi connectivity index (χ2v) is 5.65. The number of likely N-dealkylation sites (tertiary alicyclic amines) is 1. The molecule has 6 nitrogen and oxygen atoms in total. The van der Waals surface area contributed by atoms with Gasteiger partial charge in [-0.05, 0) is 51.2 Å². The maximum absolute atomic E-state index is 11.9. The average molecular weight is 284 g/mol. The van der Waals surface area contributed by atoms with Gasteiger partial charge in [0.05, 0.1) is 0 Å². The predicted molar refractivity (Wildman–Crippen MR) is 73.4 cm³/mol. The van der Waals surface area contributed by atoms with Gasteiger partial charge in [-0.1, -0.05) is 6.92 Å². The van der Waals surface area contributed by atoms with Crippen molar-refractivity contribution in [1.29, 1.82) is 0 Å². The molecule has 2 rings (SSSR count). The lowest BCUT2D eigenvalue weighted by Crippen LogP contribution is -2.41. The van der Waals surface area contributed by atoms with Crippen LogP contribution in [-0.2, 0) is 14.3 Å². The summed E-state index contributed by atoms with van der Waals surface area (Å²) in [6, 6.07) is 0. The van der Waals surface area contributed by atoms with E-state index in [-0.39, 0.29) is 5.91 Å². The van der Waals surface area contributed by atoms with E-state index in [2.05, 4.69) is 17.1 Å². The average Bonchev–Trinajstić information content (AvgIpc) is 2.95. The smallest absolute Gasteiger partial charge is 0.332 e. The van der Waals surface area contributed by atoms with Gasteiger partial charge in [0, 0.05) is 6.54 Å². The first-order valence-electron chi connectivity index (χ1n) is 7.48. The lowest BCUT2D eigenvalue weighted by molar-refractivity contribution is -0.151. The van der Waals surface area contributed by atoms with Crippen molar-refractivity contribution < 1.29 is 19.4 Å². The second-order valence-electron chi connectivity index (χ2n) is 5.65. The molecular weight excluding hydrogens is 260 g/mol. The molecule has 0 radical (unpaired) electrons. The number of hydrogen-bond donors (Lipinski definition) is 2. The SMILES string of the molecule is CCN1CCC(CNC(=O)C2CCC(C(=O)O)O2)CC1. The van der Waals surface area contributed by atoms with Crippen LogP contribution in [0.15, 0.2) is 0 Å². The van der Waals surface area contributed by atoms with Gasteiger partial charge in [-0.25, -0.2) is 4.79 Å². The Morgan fingerprint density at radius 2 is 1.85 bits per heavy atom. The molecule has 0 aliphatic carbocycles. The van der Waals surface area contributed by atoms with E-state index in [1.165, 1.54) is 0 Å². The molecule has 0 aromatic heterocycles. The minimum absolute atomic E-state index is 0.160. The molecule has 2 saturated heterocycles. The van der Waals surface area contributed by atoms with E-state index >= 15 is 0 Å². The largest absolute Gasteiger partial charge is 0.479 e. The standard InChI is InChI=1S/C14H24N2O4/c1-2-16-7-5-10(6-8-16)9-15-13(17)11-3-4-12(20-11)14(18)19/h10-12H,2-9H2,1H3,(H,15,17)(H,18,19). The second kappa shape index (κ2) is 7.04. The van der Waals surface area contributed by atoms with Crippen molar-refractivity contribution in [3.05, 3.63) is 0 Å². The van der Waals surface area contributed by atoms with Crippen LogP contribution in [0.4, 0.5) is 0 Å². The van der Waals surface area contributed by atoms with Crippen molar-refractivity contribution in [2.45, 2.75) is 44.8 Å². The molecular formula is C14H24N2O4. The van der Waals surface area contributed by atoms with Gasteiger partial charge in [-0.3, -0.25) is 4.79 Å². The summed E-state index contributed by atoms with van der Waals surface area (Å²) in [7, 11) is 0. The minimum atomic E-state index is -0.979. The number of rotatable bonds is 5. The molecule has 20 heavy (non-hydrogen) atoms. The third kappa shape index (κ3) is 3.93. The van der Waals surface area contributed by atoms with Crippen LogP contribution >= 0.6 is 0 Å². The normalized spacial score (nSPS) is 28.4. The highest BCUT2D eigenvalue weighted by Crippen LogP contribution is 2.20. The number of ether oxygens (including phenoxy) is 1. The number of nitrogens with one attached hydrogen (secondary N) is 1. The third-order valence-corrected chi connectivity index (χ3v) is 4.31. The summed E-state index contributed by atoms with van der Waals surface area (Å²) in [5, 5.41) is 11.7. The van der Waals surface area contributed by atoms with E-state index in [0.29, 0.717) is 25.3 Å². The molecule has 1 amide bonds. The van der Waals surface area contributed by atoms with Crippen LogP contribution < -0.4 is 5.32 Å². The van der Waals surface area contributed by atoms with Crippen molar-refractivity contribution >= 4 is 11.9 Å². The number of piperidine rings is 1. The Kier molecular flexibility index (Phi) is 5.37. The number of hydrogen-bond acceptors (Lipinski definition) is 4. The Morgan fingerprint density at radius 3 is 2.40 bits per heavy atom. The summed E-state index contributed by atoms with van der Waals surface area (Å²) in [4.78, 5) is 25.1. The first-order chi connectivity index (χ1) is 9.60. The molecule has 2 aliphatic heterocycles. The molecule has 2 N–H and O–H groups in total. The summed E-state index contributed by atoms with van der Waals surface area (Å²) < 4.78 is 5.24. The molecule has 2 aliphatic rings. The van der Waals surface area contributed by atoms with Gasteiger partial charge in [-0.2, -0.15) is 0 Å². The first kappa shape index (κ1) is 15.3. The van der Waals surface area contributed by atoms with Crippen LogP contribution in [0, 0.1) is 5.92 Å². The first-order valence-corrected chi connectivity index (χ1v) is 7.48. The highest BCUT2D eigenvalue weighted by atomic mass is 16.5. The molecule has 6 heteroatoms. The third-order valence-electron chi connectivity index (χ3n) is 4.31. The molecule has 2 heterocycles. The van der Waals surface area contributed by atoms with Crippen molar-refractivity contribution in [2.24, 2.45) is 5.92 Å². The van der Waals surface area contributed by atoms with E-state index in [4.69, 9.17) is 9.84 Å². The Bertz CT molecular complexity index is 353. The molecule has 2 atom stereocenters. The summed E-state index contributed by atoms with van der Waals surface area (Å²) in [6.45, 7) is 6.12. The Balaban J connectivity index is 1.67. The number of carboxylic acid groups (broad SMARTS) is 1. The van der Waals surface area contributed by atoms with Gasteiger partial charge >= 0.3 is 5.97 Å². The number of amides is 1. The quantitative estimate of drug-likeness (QED) is 0.767. The van der Waals surface area contributed by atoms with E-state index in [0.717, 1.165) is 32.5 Å². The summed E-state index contributed by atoms with van der Waals surface area (Å²) in [6.07, 6.45) is 1.72. The Morgan fingerprint density at radius 1 is 1.20 bits per heavy atom. The highest BCUT2D eigenvalue weighted by Gasteiger charge is 2.34. The Labute approximate surface area is 119 Å². The number of nitrogens with zero attached hydrogens (tertiary/aromatic N) is 1. The molecule has 2 fully saturated rings.